The Labute approximate surface area is 264 Å². The van der Waals surface area contributed by atoms with Crippen molar-refractivity contribution in [1.82, 2.24) is 10.2 Å². The molecule has 3 rings (SSSR count). The number of piperidine rings is 1. The van der Waals surface area contributed by atoms with E-state index in [1.807, 2.05) is 20.8 Å². The third-order valence-corrected chi connectivity index (χ3v) is 7.84. The first-order valence-electron chi connectivity index (χ1n) is 14.9. The lowest BCUT2D eigenvalue weighted by Gasteiger charge is -2.33. The standard InChI is InChI=1S/C32H42N3O9P/c1-6-40-45(38,41-7-2)42-20-16-25-9-8-24(23-33)22-29(25)39-21-17-34-30(36)26-10-12-27(13-11-26)43-28-14-18-35(19-15-28)31(37)44-32(3,4)5/h8-13,16,20,22,28H,6-7,14-15,17-19,21H2,1-5H3,(H,34,36)/b20-16+. The van der Waals surface area contributed by atoms with Crippen LogP contribution in [0.2, 0.25) is 0 Å². The van der Waals surface area contributed by atoms with Crippen molar-refractivity contribution in [1.29, 1.82) is 5.26 Å². The number of nitrogens with zero attached hydrogens (tertiary/aromatic N) is 2. The summed E-state index contributed by atoms with van der Waals surface area (Å²) in [6.45, 7) is 10.6. The molecule has 244 valence electrons. The molecule has 0 atom stereocenters. The number of carbonyl (C=O) groups is 2. The Kier molecular flexibility index (Phi) is 13.3. The van der Waals surface area contributed by atoms with Gasteiger partial charge in [-0.25, -0.2) is 9.36 Å². The summed E-state index contributed by atoms with van der Waals surface area (Å²) in [5.41, 5.74) is 0.876. The minimum atomic E-state index is -3.73. The largest absolute Gasteiger partial charge is 0.529 e. The van der Waals surface area contributed by atoms with Crippen molar-refractivity contribution in [2.45, 2.75) is 59.2 Å². The molecule has 1 saturated heterocycles. The molecule has 2 aromatic rings. The van der Waals surface area contributed by atoms with Gasteiger partial charge in [0, 0.05) is 37.1 Å². The van der Waals surface area contributed by atoms with Crippen LogP contribution in [0.25, 0.3) is 6.08 Å². The van der Waals surface area contributed by atoms with Gasteiger partial charge < -0.3 is 29.0 Å². The van der Waals surface area contributed by atoms with E-state index >= 15 is 0 Å². The third kappa shape index (κ3) is 11.8. The van der Waals surface area contributed by atoms with E-state index in [1.54, 1.807) is 61.2 Å². The van der Waals surface area contributed by atoms with Crippen molar-refractivity contribution >= 4 is 25.9 Å². The molecule has 2 aromatic carbocycles. The van der Waals surface area contributed by atoms with Crippen molar-refractivity contribution in [3.8, 4) is 17.6 Å². The van der Waals surface area contributed by atoms with Gasteiger partial charge in [-0.2, -0.15) is 5.26 Å². The maximum Gasteiger partial charge on any atom is 0.529 e. The van der Waals surface area contributed by atoms with Gasteiger partial charge in [0.2, 0.25) is 0 Å². The number of phosphoric acid groups is 1. The molecular weight excluding hydrogens is 601 g/mol. The molecular formula is C32H42N3O9P. The second kappa shape index (κ2) is 16.9. The molecule has 0 aliphatic carbocycles. The number of ether oxygens (including phenoxy) is 3. The lowest BCUT2D eigenvalue weighted by atomic mass is 10.1. The second-order valence-corrected chi connectivity index (χ2v) is 12.6. The Morgan fingerprint density at radius 3 is 2.33 bits per heavy atom. The highest BCUT2D eigenvalue weighted by molar-refractivity contribution is 7.48. The maximum absolute atomic E-state index is 12.7. The molecule has 0 bridgehead atoms. The van der Waals surface area contributed by atoms with Gasteiger partial charge >= 0.3 is 13.9 Å². The van der Waals surface area contributed by atoms with Crippen molar-refractivity contribution in [2.75, 3.05) is 39.5 Å². The molecule has 1 aliphatic heterocycles. The van der Waals surface area contributed by atoms with Crippen LogP contribution >= 0.6 is 7.82 Å². The molecule has 1 aliphatic rings. The summed E-state index contributed by atoms with van der Waals surface area (Å²) in [5.74, 6) is 0.744. The Bertz CT molecular complexity index is 1380. The van der Waals surface area contributed by atoms with Gasteiger partial charge in [-0.15, -0.1) is 0 Å². The Balaban J connectivity index is 1.47. The number of rotatable bonds is 14. The van der Waals surface area contributed by atoms with Crippen LogP contribution in [0.4, 0.5) is 4.79 Å². The fraction of sp³-hybridized carbons (Fsp3) is 0.469. The number of hydrogen-bond donors (Lipinski definition) is 1. The molecule has 0 radical (unpaired) electrons. The number of nitriles is 1. The highest BCUT2D eigenvalue weighted by atomic mass is 31.2. The molecule has 1 N–H and O–H groups in total. The lowest BCUT2D eigenvalue weighted by molar-refractivity contribution is 0.0126. The van der Waals surface area contributed by atoms with Crippen molar-refractivity contribution < 1.29 is 41.9 Å². The predicted octanol–water partition coefficient (Wildman–Crippen LogP) is 6.31. The van der Waals surface area contributed by atoms with Gasteiger partial charge in [0.25, 0.3) is 5.91 Å². The van der Waals surface area contributed by atoms with Crippen LogP contribution in [0.15, 0.2) is 48.7 Å². The summed E-state index contributed by atoms with van der Waals surface area (Å²) in [7, 11) is -3.73. The molecule has 12 nitrogen and oxygen atoms in total. The van der Waals surface area contributed by atoms with E-state index < -0.39 is 13.4 Å². The normalized spacial score (nSPS) is 14.1. The van der Waals surface area contributed by atoms with E-state index in [0.717, 1.165) is 0 Å². The summed E-state index contributed by atoms with van der Waals surface area (Å²) >= 11 is 0. The van der Waals surface area contributed by atoms with Crippen LogP contribution in [0.3, 0.4) is 0 Å². The number of nitrogens with one attached hydrogen (secondary N) is 1. The van der Waals surface area contributed by atoms with E-state index in [2.05, 4.69) is 11.4 Å². The molecule has 0 spiro atoms. The zero-order valence-electron chi connectivity index (χ0n) is 26.4. The SMILES string of the molecule is CCOP(=O)(O/C=C/c1ccc(C#N)cc1OCCNC(=O)c1ccc(OC2CCN(C(=O)OC(C)(C)C)CC2)cc1)OCC. The smallest absolute Gasteiger partial charge is 0.491 e. The number of likely N-dealkylation sites (tertiary alicyclic amines) is 1. The fourth-order valence-electron chi connectivity index (χ4n) is 4.25. The topological polar surface area (TPSA) is 146 Å². The van der Waals surface area contributed by atoms with Gasteiger partial charge in [0.1, 0.15) is 29.8 Å². The summed E-state index contributed by atoms with van der Waals surface area (Å²) < 4.78 is 45.3. The highest BCUT2D eigenvalue weighted by Gasteiger charge is 2.28. The molecule has 0 saturated carbocycles. The highest BCUT2D eigenvalue weighted by Crippen LogP contribution is 2.49. The van der Waals surface area contributed by atoms with Crippen LogP contribution in [-0.2, 0) is 22.9 Å². The second-order valence-electron chi connectivity index (χ2n) is 11.0. The van der Waals surface area contributed by atoms with E-state index in [9.17, 15) is 19.4 Å². The lowest BCUT2D eigenvalue weighted by Crippen LogP contribution is -2.44. The average molecular weight is 644 g/mol. The number of amides is 2. The van der Waals surface area contributed by atoms with E-state index in [-0.39, 0.29) is 44.5 Å². The average Bonchev–Trinajstić information content (AvgIpc) is 3.00. The number of benzene rings is 2. The van der Waals surface area contributed by atoms with E-state index in [4.69, 9.17) is 27.8 Å². The van der Waals surface area contributed by atoms with Crippen LogP contribution in [0, 0.1) is 11.3 Å². The maximum atomic E-state index is 12.7. The molecule has 13 heteroatoms. The zero-order valence-corrected chi connectivity index (χ0v) is 27.3. The molecule has 0 aromatic heterocycles. The van der Waals surface area contributed by atoms with Crippen LogP contribution in [0.5, 0.6) is 11.5 Å². The summed E-state index contributed by atoms with van der Waals surface area (Å²) in [5, 5.41) is 12.1. The van der Waals surface area contributed by atoms with E-state index in [0.29, 0.717) is 54.1 Å². The number of hydrogen-bond acceptors (Lipinski definition) is 10. The van der Waals surface area contributed by atoms with Gasteiger partial charge in [-0.3, -0.25) is 13.8 Å². The predicted molar refractivity (Wildman–Crippen MR) is 168 cm³/mol. The summed E-state index contributed by atoms with van der Waals surface area (Å²) in [6, 6.07) is 13.8. The molecule has 1 heterocycles. The fourth-order valence-corrected chi connectivity index (χ4v) is 5.29. The molecule has 1 fully saturated rings. The third-order valence-electron chi connectivity index (χ3n) is 6.31. The molecule has 2 amide bonds. The van der Waals surface area contributed by atoms with Gasteiger partial charge in [-0.1, -0.05) is 0 Å². The minimum absolute atomic E-state index is 0.0368. The Morgan fingerprint density at radius 1 is 1.07 bits per heavy atom. The van der Waals surface area contributed by atoms with Crippen molar-refractivity contribution in [2.24, 2.45) is 0 Å². The van der Waals surface area contributed by atoms with Crippen LogP contribution in [-0.4, -0.2) is 68.1 Å². The first-order valence-corrected chi connectivity index (χ1v) is 16.3. The van der Waals surface area contributed by atoms with Crippen molar-refractivity contribution in [3.05, 3.63) is 65.4 Å². The first-order chi connectivity index (χ1) is 21.4. The van der Waals surface area contributed by atoms with Crippen molar-refractivity contribution in [3.63, 3.8) is 0 Å². The van der Waals surface area contributed by atoms with Gasteiger partial charge in [-0.05, 0) is 83.2 Å². The Hall–Kier alpha value is -4.04. The summed E-state index contributed by atoms with van der Waals surface area (Å²) in [4.78, 5) is 26.7. The number of phosphoric ester groups is 1. The van der Waals surface area contributed by atoms with Crippen LogP contribution < -0.4 is 14.8 Å². The summed E-state index contributed by atoms with van der Waals surface area (Å²) in [6.07, 6.45) is 3.74. The molecule has 0 unspecified atom stereocenters. The minimum Gasteiger partial charge on any atom is -0.491 e. The first kappa shape index (κ1) is 35.4. The van der Waals surface area contributed by atoms with Gasteiger partial charge in [0.15, 0.2) is 0 Å². The zero-order chi connectivity index (χ0) is 32.9. The van der Waals surface area contributed by atoms with Crippen LogP contribution in [0.1, 0.15) is 68.9 Å². The van der Waals surface area contributed by atoms with Gasteiger partial charge in [0.05, 0.1) is 37.7 Å². The number of carbonyl (C=O) groups excluding carboxylic acids is 2. The van der Waals surface area contributed by atoms with E-state index in [1.165, 1.54) is 12.3 Å². The molecule has 45 heavy (non-hydrogen) atoms. The monoisotopic (exact) mass is 643 g/mol. The Morgan fingerprint density at radius 2 is 1.73 bits per heavy atom. The quantitative estimate of drug-likeness (QED) is 0.141.